The van der Waals surface area contributed by atoms with Crippen LogP contribution in [0.1, 0.15) is 24.5 Å². The molecule has 0 atom stereocenters. The maximum absolute atomic E-state index is 5.75. The molecule has 108 valence electrons. The molecule has 0 aliphatic carbocycles. The van der Waals surface area contributed by atoms with E-state index in [0.29, 0.717) is 10.9 Å². The number of benzene rings is 1. The molecule has 0 spiro atoms. The molecule has 21 heavy (non-hydrogen) atoms. The van der Waals surface area contributed by atoms with Crippen molar-refractivity contribution in [3.05, 3.63) is 29.8 Å². The number of nitrogens with two attached hydrogens (primary N) is 1. The molecule has 3 aromatic rings. The molecule has 1 aliphatic heterocycles. The maximum atomic E-state index is 5.75. The molecule has 0 unspecified atom stereocenters. The number of oxazole rings is 1. The number of nitrogen functional groups attached to an aromatic ring is 1. The summed E-state index contributed by atoms with van der Waals surface area (Å²) in [5, 5.41) is 9.18. The van der Waals surface area contributed by atoms with Crippen molar-refractivity contribution in [2.45, 2.75) is 36.8 Å². The van der Waals surface area contributed by atoms with Crippen LogP contribution in [-0.2, 0) is 18.7 Å². The lowest BCUT2D eigenvalue weighted by Gasteiger charge is -2.13. The van der Waals surface area contributed by atoms with E-state index < -0.39 is 0 Å². The number of rotatable bonds is 3. The molecule has 0 fully saturated rings. The zero-order valence-corrected chi connectivity index (χ0v) is 12.3. The number of fused-ring (bicyclic) bond motifs is 2. The average molecular weight is 301 g/mol. The molecule has 0 bridgehead atoms. The first-order valence-electron chi connectivity index (χ1n) is 6.99. The summed E-state index contributed by atoms with van der Waals surface area (Å²) < 4.78 is 7.92. The monoisotopic (exact) mass is 301 g/mol. The van der Waals surface area contributed by atoms with Crippen LogP contribution in [0.25, 0.3) is 11.1 Å². The molecular weight excluding hydrogens is 286 g/mol. The first-order chi connectivity index (χ1) is 10.3. The van der Waals surface area contributed by atoms with Crippen LogP contribution in [0.3, 0.4) is 0 Å². The number of anilines is 1. The van der Waals surface area contributed by atoms with Gasteiger partial charge in [0, 0.05) is 18.7 Å². The van der Waals surface area contributed by atoms with Crippen LogP contribution in [0.2, 0.25) is 0 Å². The van der Waals surface area contributed by atoms with Crippen molar-refractivity contribution in [1.82, 2.24) is 19.7 Å². The largest absolute Gasteiger partial charge is 0.431 e. The van der Waals surface area contributed by atoms with Gasteiger partial charge in [0.2, 0.25) is 0 Å². The molecule has 2 aromatic heterocycles. The number of nitrogens with zero attached hydrogens (tertiary/aromatic N) is 4. The Hall–Kier alpha value is -2.02. The fraction of sp³-hybridized carbons (Fsp3) is 0.357. The minimum atomic E-state index is 0.642. The molecule has 7 heteroatoms. The van der Waals surface area contributed by atoms with Crippen molar-refractivity contribution >= 4 is 28.5 Å². The van der Waals surface area contributed by atoms with E-state index in [2.05, 4.69) is 19.7 Å². The number of hydrogen-bond acceptors (Lipinski definition) is 6. The molecule has 0 saturated heterocycles. The number of aromatic nitrogens is 4. The molecule has 6 nitrogen and oxygen atoms in total. The van der Waals surface area contributed by atoms with Crippen LogP contribution in [-0.4, -0.2) is 19.7 Å². The summed E-state index contributed by atoms with van der Waals surface area (Å²) in [5.41, 5.74) is 8.00. The van der Waals surface area contributed by atoms with Crippen LogP contribution in [0.15, 0.2) is 27.8 Å². The highest BCUT2D eigenvalue weighted by atomic mass is 32.2. The van der Waals surface area contributed by atoms with Crippen molar-refractivity contribution in [3.8, 4) is 0 Å². The van der Waals surface area contributed by atoms with E-state index in [9.17, 15) is 0 Å². The van der Waals surface area contributed by atoms with Gasteiger partial charge in [-0.15, -0.1) is 10.2 Å². The third-order valence-corrected chi connectivity index (χ3v) is 4.48. The topological polar surface area (TPSA) is 82.8 Å². The van der Waals surface area contributed by atoms with E-state index in [4.69, 9.17) is 10.2 Å². The lowest BCUT2D eigenvalue weighted by atomic mass is 10.2. The van der Waals surface area contributed by atoms with Crippen molar-refractivity contribution in [2.24, 2.45) is 0 Å². The molecule has 0 saturated carbocycles. The van der Waals surface area contributed by atoms with E-state index in [0.717, 1.165) is 41.5 Å². The van der Waals surface area contributed by atoms with Gasteiger partial charge in [0.1, 0.15) is 17.2 Å². The van der Waals surface area contributed by atoms with Crippen molar-refractivity contribution < 1.29 is 4.42 Å². The Balaban J connectivity index is 1.54. The van der Waals surface area contributed by atoms with E-state index in [1.807, 2.05) is 18.2 Å². The number of hydrogen-bond donors (Lipinski definition) is 1. The molecule has 2 N–H and O–H groups in total. The fourth-order valence-corrected chi connectivity index (χ4v) is 3.36. The number of aryl methyl sites for hydroxylation is 1. The van der Waals surface area contributed by atoms with E-state index in [1.165, 1.54) is 12.8 Å². The lowest BCUT2D eigenvalue weighted by molar-refractivity contribution is 0.488. The summed E-state index contributed by atoms with van der Waals surface area (Å²) >= 11 is 1.54. The summed E-state index contributed by atoms with van der Waals surface area (Å²) in [6, 6.07) is 5.49. The standard InChI is InChI=1S/C14H15N5OS/c15-9-4-5-11-10(7-9)16-14(20-11)21-8-13-18-17-12-3-1-2-6-19(12)13/h4-5,7H,1-3,6,8,15H2. The summed E-state index contributed by atoms with van der Waals surface area (Å²) in [6.07, 6.45) is 3.43. The van der Waals surface area contributed by atoms with Crippen LogP contribution in [0.4, 0.5) is 5.69 Å². The molecule has 1 aliphatic rings. The fourth-order valence-electron chi connectivity index (χ4n) is 2.59. The predicted molar refractivity (Wildman–Crippen MR) is 80.9 cm³/mol. The van der Waals surface area contributed by atoms with Crippen LogP contribution >= 0.6 is 11.8 Å². The van der Waals surface area contributed by atoms with Gasteiger partial charge >= 0.3 is 0 Å². The van der Waals surface area contributed by atoms with Crippen molar-refractivity contribution in [1.29, 1.82) is 0 Å². The molecule has 3 heterocycles. The summed E-state index contributed by atoms with van der Waals surface area (Å²) in [6.45, 7) is 1.02. The maximum Gasteiger partial charge on any atom is 0.257 e. The Morgan fingerprint density at radius 2 is 2.24 bits per heavy atom. The zero-order chi connectivity index (χ0) is 14.2. The molecular formula is C14H15N5OS. The lowest BCUT2D eigenvalue weighted by Crippen LogP contribution is -2.12. The van der Waals surface area contributed by atoms with Gasteiger partial charge in [-0.05, 0) is 31.0 Å². The van der Waals surface area contributed by atoms with Gasteiger partial charge < -0.3 is 14.7 Å². The Kier molecular flexibility index (Phi) is 3.07. The second-order valence-corrected chi connectivity index (χ2v) is 6.06. The van der Waals surface area contributed by atoms with Gasteiger partial charge in [-0.1, -0.05) is 11.8 Å². The second-order valence-electron chi connectivity index (χ2n) is 5.14. The Morgan fingerprint density at radius 3 is 3.19 bits per heavy atom. The third kappa shape index (κ3) is 2.37. The van der Waals surface area contributed by atoms with Gasteiger partial charge in [-0.2, -0.15) is 0 Å². The Bertz CT molecular complexity index is 794. The van der Waals surface area contributed by atoms with E-state index >= 15 is 0 Å². The zero-order valence-electron chi connectivity index (χ0n) is 11.5. The quantitative estimate of drug-likeness (QED) is 0.591. The van der Waals surface area contributed by atoms with E-state index in [1.54, 1.807) is 11.8 Å². The minimum Gasteiger partial charge on any atom is -0.431 e. The SMILES string of the molecule is Nc1ccc2oc(SCc3nnc4n3CCCC4)nc2c1. The highest BCUT2D eigenvalue weighted by Gasteiger charge is 2.16. The van der Waals surface area contributed by atoms with Crippen molar-refractivity contribution in [3.63, 3.8) is 0 Å². The summed E-state index contributed by atoms with van der Waals surface area (Å²) in [7, 11) is 0. The Morgan fingerprint density at radius 1 is 1.29 bits per heavy atom. The van der Waals surface area contributed by atoms with Gasteiger partial charge in [0.15, 0.2) is 5.58 Å². The minimum absolute atomic E-state index is 0.642. The third-order valence-electron chi connectivity index (χ3n) is 3.65. The smallest absolute Gasteiger partial charge is 0.257 e. The van der Waals surface area contributed by atoms with Gasteiger partial charge in [0.25, 0.3) is 5.22 Å². The van der Waals surface area contributed by atoms with Gasteiger partial charge in [-0.3, -0.25) is 0 Å². The van der Waals surface area contributed by atoms with E-state index in [-0.39, 0.29) is 0 Å². The van der Waals surface area contributed by atoms with Gasteiger partial charge in [-0.25, -0.2) is 4.98 Å². The molecule has 0 amide bonds. The first kappa shape index (κ1) is 12.7. The second kappa shape index (κ2) is 5.07. The van der Waals surface area contributed by atoms with Crippen LogP contribution < -0.4 is 5.73 Å². The Labute approximate surface area is 125 Å². The van der Waals surface area contributed by atoms with Crippen LogP contribution in [0, 0.1) is 0 Å². The summed E-state index contributed by atoms with van der Waals surface area (Å²) in [5.74, 6) is 2.81. The first-order valence-corrected chi connectivity index (χ1v) is 7.98. The predicted octanol–water partition coefficient (Wildman–Crippen LogP) is 2.63. The van der Waals surface area contributed by atoms with Crippen LogP contribution in [0.5, 0.6) is 0 Å². The normalized spacial score (nSPS) is 14.5. The average Bonchev–Trinajstić information content (AvgIpc) is 3.08. The molecule has 4 rings (SSSR count). The van der Waals surface area contributed by atoms with Crippen molar-refractivity contribution in [2.75, 3.05) is 5.73 Å². The molecule has 1 aromatic carbocycles. The highest BCUT2D eigenvalue weighted by molar-refractivity contribution is 7.98. The van der Waals surface area contributed by atoms with Gasteiger partial charge in [0.05, 0.1) is 5.75 Å². The highest BCUT2D eigenvalue weighted by Crippen LogP contribution is 2.27. The summed E-state index contributed by atoms with van der Waals surface area (Å²) in [4.78, 5) is 4.44. The molecule has 0 radical (unpaired) electrons. The number of thioether (sulfide) groups is 1.